The molecule has 0 fully saturated rings. The number of rotatable bonds is 1. The molecule has 0 unspecified atom stereocenters. The molecule has 2 aromatic rings. The molecule has 2 rings (SSSR count). The minimum absolute atomic E-state index is 1.22. The first kappa shape index (κ1) is 10.6. The van der Waals surface area contributed by atoms with Gasteiger partial charge in [-0.05, 0) is 18.6 Å². The highest BCUT2D eigenvalue weighted by molar-refractivity contribution is 5.65. The van der Waals surface area contributed by atoms with Crippen molar-refractivity contribution >= 4 is 0 Å². The molecule has 0 spiro atoms. The van der Waals surface area contributed by atoms with E-state index in [1.807, 2.05) is 26.1 Å². The van der Waals surface area contributed by atoms with E-state index in [1.54, 1.807) is 0 Å². The number of nitrogens with one attached hydrogen (secondary N) is 1. The molecule has 0 saturated carbocycles. The fraction of sp³-hybridized carbons (Fsp3) is 0.231. The van der Waals surface area contributed by atoms with Crippen LogP contribution in [-0.4, -0.2) is 4.98 Å². The van der Waals surface area contributed by atoms with Gasteiger partial charge in [-0.3, -0.25) is 0 Å². The summed E-state index contributed by atoms with van der Waals surface area (Å²) in [4.78, 5) is 3.17. The molecule has 0 aliphatic heterocycles. The van der Waals surface area contributed by atoms with Gasteiger partial charge in [-0.1, -0.05) is 44.2 Å². The molecule has 0 aliphatic rings. The SMILES string of the molecule is CC.Cc1[nH]ccc1-c1ccccc1. The Morgan fingerprint density at radius 1 is 0.929 bits per heavy atom. The van der Waals surface area contributed by atoms with Crippen molar-refractivity contribution in [1.82, 2.24) is 4.98 Å². The molecule has 0 bridgehead atoms. The van der Waals surface area contributed by atoms with Gasteiger partial charge >= 0.3 is 0 Å². The van der Waals surface area contributed by atoms with E-state index < -0.39 is 0 Å². The van der Waals surface area contributed by atoms with Crippen LogP contribution in [0, 0.1) is 6.92 Å². The van der Waals surface area contributed by atoms with Crippen LogP contribution in [0.1, 0.15) is 19.5 Å². The molecule has 1 heteroatoms. The summed E-state index contributed by atoms with van der Waals surface area (Å²) in [5.41, 5.74) is 3.79. The average molecular weight is 187 g/mol. The second kappa shape index (κ2) is 5.28. The third kappa shape index (κ3) is 2.25. The lowest BCUT2D eigenvalue weighted by Gasteiger charge is -1.97. The van der Waals surface area contributed by atoms with Crippen LogP contribution in [-0.2, 0) is 0 Å². The molecular weight excluding hydrogens is 170 g/mol. The van der Waals surface area contributed by atoms with E-state index in [0.717, 1.165) is 0 Å². The Morgan fingerprint density at radius 2 is 1.57 bits per heavy atom. The Labute approximate surface area is 85.8 Å². The highest BCUT2D eigenvalue weighted by Crippen LogP contribution is 2.21. The molecule has 0 aliphatic carbocycles. The van der Waals surface area contributed by atoms with Crippen molar-refractivity contribution in [3.8, 4) is 11.1 Å². The van der Waals surface area contributed by atoms with Crippen molar-refractivity contribution in [3.05, 3.63) is 48.3 Å². The summed E-state index contributed by atoms with van der Waals surface area (Å²) in [6.45, 7) is 6.09. The van der Waals surface area contributed by atoms with Gasteiger partial charge in [0.2, 0.25) is 0 Å². The maximum absolute atomic E-state index is 3.17. The number of hydrogen-bond donors (Lipinski definition) is 1. The fourth-order valence-corrected chi connectivity index (χ4v) is 1.38. The Morgan fingerprint density at radius 3 is 2.07 bits per heavy atom. The van der Waals surface area contributed by atoms with Gasteiger partial charge in [0.25, 0.3) is 0 Å². The molecule has 1 heterocycles. The summed E-state index contributed by atoms with van der Waals surface area (Å²) >= 11 is 0. The molecule has 1 aromatic heterocycles. The number of aryl methyl sites for hydroxylation is 1. The maximum Gasteiger partial charge on any atom is 0.0195 e. The first-order valence-corrected chi connectivity index (χ1v) is 5.07. The third-order valence-corrected chi connectivity index (χ3v) is 2.04. The minimum Gasteiger partial charge on any atom is -0.365 e. The topological polar surface area (TPSA) is 15.8 Å². The first-order valence-electron chi connectivity index (χ1n) is 5.07. The lowest BCUT2D eigenvalue weighted by atomic mass is 10.1. The van der Waals surface area contributed by atoms with E-state index in [9.17, 15) is 0 Å². The van der Waals surface area contributed by atoms with Crippen molar-refractivity contribution in [2.45, 2.75) is 20.8 Å². The van der Waals surface area contributed by atoms with E-state index in [-0.39, 0.29) is 0 Å². The summed E-state index contributed by atoms with van der Waals surface area (Å²) in [6.07, 6.45) is 1.97. The monoisotopic (exact) mass is 187 g/mol. The minimum atomic E-state index is 1.22. The van der Waals surface area contributed by atoms with Gasteiger partial charge in [-0.2, -0.15) is 0 Å². The number of H-pyrrole nitrogens is 1. The molecule has 1 aromatic carbocycles. The molecule has 0 amide bonds. The Hall–Kier alpha value is -1.50. The summed E-state index contributed by atoms with van der Waals surface area (Å²) in [6, 6.07) is 12.5. The van der Waals surface area contributed by atoms with Crippen LogP contribution in [0.2, 0.25) is 0 Å². The summed E-state index contributed by atoms with van der Waals surface area (Å²) in [5.74, 6) is 0. The largest absolute Gasteiger partial charge is 0.365 e. The lowest BCUT2D eigenvalue weighted by molar-refractivity contribution is 1.27. The van der Waals surface area contributed by atoms with Crippen LogP contribution < -0.4 is 0 Å². The van der Waals surface area contributed by atoms with Crippen LogP contribution in [0.25, 0.3) is 11.1 Å². The highest BCUT2D eigenvalue weighted by Gasteiger charge is 1.99. The van der Waals surface area contributed by atoms with E-state index in [4.69, 9.17) is 0 Å². The molecule has 0 atom stereocenters. The Balaban J connectivity index is 0.000000461. The van der Waals surface area contributed by atoms with Crippen LogP contribution in [0.3, 0.4) is 0 Å². The second-order valence-electron chi connectivity index (χ2n) is 2.88. The van der Waals surface area contributed by atoms with E-state index in [0.29, 0.717) is 0 Å². The van der Waals surface area contributed by atoms with E-state index in [1.165, 1.54) is 16.8 Å². The van der Waals surface area contributed by atoms with Gasteiger partial charge in [0.15, 0.2) is 0 Å². The second-order valence-corrected chi connectivity index (χ2v) is 2.88. The molecule has 0 radical (unpaired) electrons. The zero-order valence-corrected chi connectivity index (χ0v) is 9.04. The zero-order chi connectivity index (χ0) is 10.4. The predicted molar refractivity (Wildman–Crippen MR) is 62.3 cm³/mol. The molecule has 14 heavy (non-hydrogen) atoms. The average Bonchev–Trinajstić information content (AvgIpc) is 2.69. The number of hydrogen-bond acceptors (Lipinski definition) is 0. The van der Waals surface area contributed by atoms with Crippen LogP contribution in [0.15, 0.2) is 42.6 Å². The van der Waals surface area contributed by atoms with Gasteiger partial charge in [0.05, 0.1) is 0 Å². The normalized spacial score (nSPS) is 9.07. The number of aromatic amines is 1. The standard InChI is InChI=1S/C11H11N.C2H6/c1-9-11(7-8-12-9)10-5-3-2-4-6-10;1-2/h2-8,12H,1H3;1-2H3. The van der Waals surface area contributed by atoms with Crippen molar-refractivity contribution in [2.24, 2.45) is 0 Å². The molecule has 74 valence electrons. The van der Waals surface area contributed by atoms with Gasteiger partial charge < -0.3 is 4.98 Å². The van der Waals surface area contributed by atoms with E-state index in [2.05, 4.69) is 42.2 Å². The lowest BCUT2D eigenvalue weighted by Crippen LogP contribution is -1.76. The van der Waals surface area contributed by atoms with E-state index >= 15 is 0 Å². The van der Waals surface area contributed by atoms with Crippen LogP contribution in [0.4, 0.5) is 0 Å². The molecule has 1 N–H and O–H groups in total. The number of benzene rings is 1. The zero-order valence-electron chi connectivity index (χ0n) is 9.04. The quantitative estimate of drug-likeness (QED) is 0.694. The van der Waals surface area contributed by atoms with Crippen molar-refractivity contribution in [2.75, 3.05) is 0 Å². The molecule has 1 nitrogen and oxygen atoms in total. The highest BCUT2D eigenvalue weighted by atomic mass is 14.7. The van der Waals surface area contributed by atoms with Gasteiger partial charge in [0, 0.05) is 17.5 Å². The molecule has 0 saturated heterocycles. The number of aromatic nitrogens is 1. The summed E-state index contributed by atoms with van der Waals surface area (Å²) in [7, 11) is 0. The first-order chi connectivity index (χ1) is 6.88. The van der Waals surface area contributed by atoms with Gasteiger partial charge in [0.1, 0.15) is 0 Å². The van der Waals surface area contributed by atoms with Crippen molar-refractivity contribution in [3.63, 3.8) is 0 Å². The predicted octanol–water partition coefficient (Wildman–Crippen LogP) is 4.02. The summed E-state index contributed by atoms with van der Waals surface area (Å²) in [5, 5.41) is 0. The van der Waals surface area contributed by atoms with Crippen LogP contribution >= 0.6 is 0 Å². The Bertz CT molecular complexity index is 360. The van der Waals surface area contributed by atoms with Gasteiger partial charge in [-0.25, -0.2) is 0 Å². The van der Waals surface area contributed by atoms with Crippen molar-refractivity contribution in [1.29, 1.82) is 0 Å². The molecular formula is C13H17N. The smallest absolute Gasteiger partial charge is 0.0195 e. The maximum atomic E-state index is 3.17. The van der Waals surface area contributed by atoms with Crippen LogP contribution in [0.5, 0.6) is 0 Å². The summed E-state index contributed by atoms with van der Waals surface area (Å²) < 4.78 is 0. The Kier molecular flexibility index (Phi) is 3.99. The third-order valence-electron chi connectivity index (χ3n) is 2.04. The van der Waals surface area contributed by atoms with Gasteiger partial charge in [-0.15, -0.1) is 0 Å². The van der Waals surface area contributed by atoms with Crippen molar-refractivity contribution < 1.29 is 0 Å². The fourth-order valence-electron chi connectivity index (χ4n) is 1.38.